The van der Waals surface area contributed by atoms with Crippen molar-refractivity contribution < 1.29 is 4.79 Å². The third kappa shape index (κ3) is 0.980. The van der Waals surface area contributed by atoms with Gasteiger partial charge < -0.3 is 11.1 Å². The van der Waals surface area contributed by atoms with E-state index in [1.807, 2.05) is 0 Å². The van der Waals surface area contributed by atoms with Crippen molar-refractivity contribution >= 4 is 5.91 Å². The SMILES string of the molecule is NC(=O)[C@H]1CCCN1. The molecular weight excluding hydrogens is 104 g/mol. The molecule has 0 aromatic heterocycles. The standard InChI is InChI=1S/C5H10N2O/c6-5(8)4-2-1-3-7-4/h4,7H,1-3H2,(H2,6,8)/t4-/m1/s1. The average molecular weight is 114 g/mol. The summed E-state index contributed by atoms with van der Waals surface area (Å²) >= 11 is 0. The largest absolute Gasteiger partial charge is 0.368 e. The Morgan fingerprint density at radius 1 is 1.75 bits per heavy atom. The maximum Gasteiger partial charge on any atom is 0.234 e. The van der Waals surface area contributed by atoms with Crippen LogP contribution in [-0.2, 0) is 4.79 Å². The third-order valence-electron chi connectivity index (χ3n) is 1.40. The van der Waals surface area contributed by atoms with Gasteiger partial charge in [-0.15, -0.1) is 0 Å². The quantitative estimate of drug-likeness (QED) is 0.470. The maximum absolute atomic E-state index is 10.4. The molecule has 1 heterocycles. The molecule has 46 valence electrons. The van der Waals surface area contributed by atoms with Crippen LogP contribution in [0.2, 0.25) is 0 Å². The number of carbonyl (C=O) groups is 1. The summed E-state index contributed by atoms with van der Waals surface area (Å²) in [7, 11) is 0. The van der Waals surface area contributed by atoms with E-state index < -0.39 is 0 Å². The highest BCUT2D eigenvalue weighted by Crippen LogP contribution is 2.02. The predicted octanol–water partition coefficient (Wildman–Crippen LogP) is -0.776. The lowest BCUT2D eigenvalue weighted by Crippen LogP contribution is -2.36. The van der Waals surface area contributed by atoms with Gasteiger partial charge in [-0.25, -0.2) is 0 Å². The average Bonchev–Trinajstić information content (AvgIpc) is 2.12. The Kier molecular flexibility index (Phi) is 1.48. The second kappa shape index (κ2) is 2.13. The van der Waals surface area contributed by atoms with Gasteiger partial charge in [0, 0.05) is 0 Å². The summed E-state index contributed by atoms with van der Waals surface area (Å²) in [6, 6.07) is -0.0463. The molecular formula is C5H10N2O. The van der Waals surface area contributed by atoms with Crippen LogP contribution in [0.5, 0.6) is 0 Å². The van der Waals surface area contributed by atoms with Crippen molar-refractivity contribution in [2.45, 2.75) is 18.9 Å². The van der Waals surface area contributed by atoms with Crippen LogP contribution in [0.15, 0.2) is 0 Å². The monoisotopic (exact) mass is 114 g/mol. The predicted molar refractivity (Wildman–Crippen MR) is 30.2 cm³/mol. The zero-order valence-corrected chi connectivity index (χ0v) is 4.68. The van der Waals surface area contributed by atoms with Gasteiger partial charge in [-0.3, -0.25) is 4.79 Å². The van der Waals surface area contributed by atoms with E-state index in [4.69, 9.17) is 5.73 Å². The number of nitrogens with two attached hydrogens (primary N) is 1. The van der Waals surface area contributed by atoms with Gasteiger partial charge >= 0.3 is 0 Å². The summed E-state index contributed by atoms with van der Waals surface area (Å²) in [6.07, 6.45) is 1.99. The van der Waals surface area contributed by atoms with Crippen LogP contribution in [0.3, 0.4) is 0 Å². The molecule has 1 rings (SSSR count). The van der Waals surface area contributed by atoms with E-state index in [1.165, 1.54) is 0 Å². The highest BCUT2D eigenvalue weighted by atomic mass is 16.1. The van der Waals surface area contributed by atoms with Crippen molar-refractivity contribution in [1.29, 1.82) is 0 Å². The molecule has 1 aliphatic heterocycles. The Morgan fingerprint density at radius 3 is 2.75 bits per heavy atom. The van der Waals surface area contributed by atoms with Crippen LogP contribution in [-0.4, -0.2) is 18.5 Å². The van der Waals surface area contributed by atoms with E-state index in [1.54, 1.807) is 0 Å². The van der Waals surface area contributed by atoms with Gasteiger partial charge in [-0.1, -0.05) is 0 Å². The lowest BCUT2D eigenvalue weighted by molar-refractivity contribution is -0.119. The van der Waals surface area contributed by atoms with Gasteiger partial charge in [0.2, 0.25) is 5.91 Å². The molecule has 3 heteroatoms. The van der Waals surface area contributed by atoms with Crippen LogP contribution in [0, 0.1) is 0 Å². The van der Waals surface area contributed by atoms with Crippen molar-refractivity contribution in [1.82, 2.24) is 5.32 Å². The summed E-state index contributed by atoms with van der Waals surface area (Å²) in [4.78, 5) is 10.4. The summed E-state index contributed by atoms with van der Waals surface area (Å²) in [5.74, 6) is -0.220. The molecule has 1 aliphatic rings. The fourth-order valence-electron chi connectivity index (χ4n) is 0.927. The molecule has 0 unspecified atom stereocenters. The molecule has 0 aromatic rings. The molecule has 1 fully saturated rings. The number of hydrogen-bond acceptors (Lipinski definition) is 2. The molecule has 0 saturated carbocycles. The highest BCUT2D eigenvalue weighted by Gasteiger charge is 2.18. The number of carbonyl (C=O) groups excluding carboxylic acids is 1. The molecule has 3 nitrogen and oxygen atoms in total. The maximum atomic E-state index is 10.4. The molecule has 0 aromatic carbocycles. The summed E-state index contributed by atoms with van der Waals surface area (Å²) in [5, 5.41) is 2.98. The lowest BCUT2D eigenvalue weighted by atomic mass is 10.2. The van der Waals surface area contributed by atoms with Crippen molar-refractivity contribution in [3.05, 3.63) is 0 Å². The second-order valence-electron chi connectivity index (χ2n) is 2.05. The first-order chi connectivity index (χ1) is 3.80. The minimum absolute atomic E-state index is 0.0463. The van der Waals surface area contributed by atoms with Gasteiger partial charge in [-0.05, 0) is 19.4 Å². The molecule has 1 atom stereocenters. The number of rotatable bonds is 1. The van der Waals surface area contributed by atoms with Crippen LogP contribution in [0.4, 0.5) is 0 Å². The van der Waals surface area contributed by atoms with Crippen LogP contribution in [0.1, 0.15) is 12.8 Å². The molecule has 0 bridgehead atoms. The molecule has 8 heavy (non-hydrogen) atoms. The van der Waals surface area contributed by atoms with E-state index in [2.05, 4.69) is 5.32 Å². The van der Waals surface area contributed by atoms with Crippen molar-refractivity contribution in [2.75, 3.05) is 6.54 Å². The van der Waals surface area contributed by atoms with Crippen LogP contribution >= 0.6 is 0 Å². The van der Waals surface area contributed by atoms with Crippen LogP contribution in [0.25, 0.3) is 0 Å². The Bertz CT molecular complexity index is 96.6. The summed E-state index contributed by atoms with van der Waals surface area (Å²) < 4.78 is 0. The van der Waals surface area contributed by atoms with Crippen molar-refractivity contribution in [2.24, 2.45) is 5.73 Å². The first-order valence-electron chi connectivity index (χ1n) is 2.83. The molecule has 3 N–H and O–H groups in total. The van der Waals surface area contributed by atoms with Gasteiger partial charge in [0.05, 0.1) is 6.04 Å². The summed E-state index contributed by atoms with van der Waals surface area (Å²) in [5.41, 5.74) is 5.00. The smallest absolute Gasteiger partial charge is 0.234 e. The van der Waals surface area contributed by atoms with Gasteiger partial charge in [0.15, 0.2) is 0 Å². The van der Waals surface area contributed by atoms with E-state index in [0.717, 1.165) is 19.4 Å². The molecule has 0 spiro atoms. The first-order valence-corrected chi connectivity index (χ1v) is 2.83. The van der Waals surface area contributed by atoms with E-state index in [0.29, 0.717) is 0 Å². The Hall–Kier alpha value is -0.570. The zero-order valence-electron chi connectivity index (χ0n) is 4.68. The third-order valence-corrected chi connectivity index (χ3v) is 1.40. The number of primary amides is 1. The molecule has 1 saturated heterocycles. The highest BCUT2D eigenvalue weighted by molar-refractivity contribution is 5.80. The molecule has 0 aliphatic carbocycles. The Labute approximate surface area is 48.2 Å². The number of hydrogen-bond donors (Lipinski definition) is 2. The minimum atomic E-state index is -0.220. The van der Waals surface area contributed by atoms with Gasteiger partial charge in [0.25, 0.3) is 0 Å². The summed E-state index contributed by atoms with van der Waals surface area (Å²) in [6.45, 7) is 0.938. The fourth-order valence-corrected chi connectivity index (χ4v) is 0.927. The van der Waals surface area contributed by atoms with Crippen molar-refractivity contribution in [3.63, 3.8) is 0 Å². The Balaban J connectivity index is 2.35. The van der Waals surface area contributed by atoms with Crippen LogP contribution < -0.4 is 11.1 Å². The lowest BCUT2D eigenvalue weighted by Gasteiger charge is -2.01. The van der Waals surface area contributed by atoms with Gasteiger partial charge in [-0.2, -0.15) is 0 Å². The van der Waals surface area contributed by atoms with E-state index in [9.17, 15) is 4.79 Å². The minimum Gasteiger partial charge on any atom is -0.368 e. The van der Waals surface area contributed by atoms with Crippen molar-refractivity contribution in [3.8, 4) is 0 Å². The molecule has 0 radical (unpaired) electrons. The number of nitrogens with one attached hydrogen (secondary N) is 1. The normalized spacial score (nSPS) is 28.2. The number of amides is 1. The molecule has 1 amide bonds. The zero-order chi connectivity index (χ0) is 5.98. The first kappa shape index (κ1) is 5.56. The van der Waals surface area contributed by atoms with E-state index in [-0.39, 0.29) is 11.9 Å². The second-order valence-corrected chi connectivity index (χ2v) is 2.05. The fraction of sp³-hybridized carbons (Fsp3) is 0.800. The van der Waals surface area contributed by atoms with Gasteiger partial charge in [0.1, 0.15) is 0 Å². The topological polar surface area (TPSA) is 55.1 Å². The van der Waals surface area contributed by atoms with E-state index >= 15 is 0 Å². The Morgan fingerprint density at radius 2 is 2.50 bits per heavy atom.